The third-order valence-electron chi connectivity index (χ3n) is 1.57. The van der Waals surface area contributed by atoms with Gasteiger partial charge in [-0.3, -0.25) is 0 Å². The number of hydrogen-bond acceptors (Lipinski definition) is 5. The predicted octanol–water partition coefficient (Wildman–Crippen LogP) is 2.81. The van der Waals surface area contributed by atoms with Crippen LogP contribution in [0.3, 0.4) is 0 Å². The van der Waals surface area contributed by atoms with E-state index in [9.17, 15) is 0 Å². The van der Waals surface area contributed by atoms with Gasteiger partial charge in [-0.1, -0.05) is 5.10 Å². The Bertz CT molecular complexity index is 385. The van der Waals surface area contributed by atoms with Crippen LogP contribution in [0, 0.1) is 6.92 Å². The van der Waals surface area contributed by atoms with E-state index in [0.29, 0.717) is 18.5 Å². The first kappa shape index (κ1) is 9.67. The fraction of sp³-hybridized carbons (Fsp3) is 0.250. The minimum atomic E-state index is 0.465. The highest BCUT2D eigenvalue weighted by molar-refractivity contribution is 9.11. The Morgan fingerprint density at radius 1 is 1.50 bits per heavy atom. The molecule has 6 heteroatoms. The molecule has 0 atom stereocenters. The quantitative estimate of drug-likeness (QED) is 0.935. The van der Waals surface area contributed by atoms with Crippen LogP contribution in [0.4, 0.5) is 6.01 Å². The van der Waals surface area contributed by atoms with E-state index in [1.807, 2.05) is 12.1 Å². The molecule has 0 amide bonds. The minimum Gasteiger partial charge on any atom is -0.408 e. The molecule has 0 aliphatic carbocycles. The second-order valence-electron chi connectivity index (χ2n) is 2.69. The Morgan fingerprint density at radius 3 is 2.93 bits per heavy atom. The molecule has 0 aromatic carbocycles. The topological polar surface area (TPSA) is 51.0 Å². The normalized spacial score (nSPS) is 10.4. The maximum absolute atomic E-state index is 5.17. The molecule has 0 bridgehead atoms. The van der Waals surface area contributed by atoms with Crippen LogP contribution in [-0.2, 0) is 6.54 Å². The molecule has 0 aliphatic rings. The van der Waals surface area contributed by atoms with Gasteiger partial charge in [0.2, 0.25) is 5.89 Å². The van der Waals surface area contributed by atoms with Crippen LogP contribution in [0.25, 0.3) is 0 Å². The molecule has 0 radical (unpaired) electrons. The summed E-state index contributed by atoms with van der Waals surface area (Å²) in [5.74, 6) is 0.569. The lowest BCUT2D eigenvalue weighted by atomic mass is 10.5. The van der Waals surface area contributed by atoms with Crippen LogP contribution < -0.4 is 5.32 Å². The van der Waals surface area contributed by atoms with Gasteiger partial charge in [-0.2, -0.15) is 0 Å². The summed E-state index contributed by atoms with van der Waals surface area (Å²) in [6.07, 6.45) is 0. The smallest absolute Gasteiger partial charge is 0.315 e. The van der Waals surface area contributed by atoms with E-state index in [1.165, 1.54) is 4.88 Å². The maximum atomic E-state index is 5.17. The molecule has 2 heterocycles. The number of hydrogen-bond donors (Lipinski definition) is 1. The average Bonchev–Trinajstić information content (AvgIpc) is 2.72. The number of anilines is 1. The molecule has 0 saturated heterocycles. The Hall–Kier alpha value is -0.880. The van der Waals surface area contributed by atoms with Gasteiger partial charge in [0, 0.05) is 11.8 Å². The van der Waals surface area contributed by atoms with Crippen molar-refractivity contribution in [1.82, 2.24) is 10.2 Å². The molecule has 4 nitrogen and oxygen atoms in total. The molecule has 0 saturated carbocycles. The molecular weight excluding hydrogens is 266 g/mol. The largest absolute Gasteiger partial charge is 0.408 e. The summed E-state index contributed by atoms with van der Waals surface area (Å²) < 4.78 is 6.29. The third-order valence-corrected chi connectivity index (χ3v) is 3.19. The van der Waals surface area contributed by atoms with Gasteiger partial charge in [0.15, 0.2) is 0 Å². The number of aromatic nitrogens is 2. The van der Waals surface area contributed by atoms with Crippen molar-refractivity contribution in [1.29, 1.82) is 0 Å². The number of rotatable bonds is 3. The van der Waals surface area contributed by atoms with Gasteiger partial charge in [0.05, 0.1) is 10.3 Å². The summed E-state index contributed by atoms with van der Waals surface area (Å²) in [6, 6.07) is 4.53. The van der Waals surface area contributed by atoms with Gasteiger partial charge in [-0.05, 0) is 28.1 Å². The van der Waals surface area contributed by atoms with Crippen LogP contribution in [0.2, 0.25) is 0 Å². The standard InChI is InChI=1S/C8H8BrN3OS/c1-5-11-12-8(13-5)10-4-6-2-3-7(9)14-6/h2-3H,4H2,1H3,(H,10,12). The summed E-state index contributed by atoms with van der Waals surface area (Å²) in [5, 5.41) is 10.6. The molecule has 1 N–H and O–H groups in total. The summed E-state index contributed by atoms with van der Waals surface area (Å²) in [6.45, 7) is 2.47. The highest BCUT2D eigenvalue weighted by Gasteiger charge is 2.02. The number of thiophene rings is 1. The molecule has 2 aromatic rings. The van der Waals surface area contributed by atoms with E-state index in [-0.39, 0.29) is 0 Å². The van der Waals surface area contributed by atoms with E-state index in [0.717, 1.165) is 3.79 Å². The van der Waals surface area contributed by atoms with Gasteiger partial charge in [-0.25, -0.2) is 0 Å². The highest BCUT2D eigenvalue weighted by Crippen LogP contribution is 2.22. The minimum absolute atomic E-state index is 0.465. The lowest BCUT2D eigenvalue weighted by Crippen LogP contribution is -1.97. The van der Waals surface area contributed by atoms with E-state index in [4.69, 9.17) is 4.42 Å². The Balaban J connectivity index is 1.94. The molecular formula is C8H8BrN3OS. The Kier molecular flexibility index (Phi) is 2.83. The fourth-order valence-corrected chi connectivity index (χ4v) is 2.40. The summed E-state index contributed by atoms with van der Waals surface area (Å²) >= 11 is 5.08. The zero-order chi connectivity index (χ0) is 9.97. The van der Waals surface area contributed by atoms with Crippen molar-refractivity contribution in [3.8, 4) is 0 Å². The maximum Gasteiger partial charge on any atom is 0.315 e. The number of nitrogens with zero attached hydrogens (tertiary/aromatic N) is 2. The molecule has 0 spiro atoms. The number of aryl methyl sites for hydroxylation is 1. The zero-order valence-electron chi connectivity index (χ0n) is 7.45. The Morgan fingerprint density at radius 2 is 2.36 bits per heavy atom. The lowest BCUT2D eigenvalue weighted by molar-refractivity contribution is 0.531. The predicted molar refractivity (Wildman–Crippen MR) is 58.4 cm³/mol. The zero-order valence-corrected chi connectivity index (χ0v) is 9.85. The molecule has 0 unspecified atom stereocenters. The van der Waals surface area contributed by atoms with Crippen LogP contribution in [0.5, 0.6) is 0 Å². The fourth-order valence-electron chi connectivity index (χ4n) is 0.977. The molecule has 0 aliphatic heterocycles. The van der Waals surface area contributed by atoms with E-state index in [1.54, 1.807) is 18.3 Å². The van der Waals surface area contributed by atoms with Gasteiger partial charge < -0.3 is 9.73 Å². The molecule has 74 valence electrons. The first-order valence-electron chi connectivity index (χ1n) is 4.02. The van der Waals surface area contributed by atoms with Crippen LogP contribution in [-0.4, -0.2) is 10.2 Å². The van der Waals surface area contributed by atoms with Crippen LogP contribution in [0.15, 0.2) is 20.3 Å². The first-order valence-corrected chi connectivity index (χ1v) is 5.63. The van der Waals surface area contributed by atoms with Crippen LogP contribution in [0.1, 0.15) is 10.8 Å². The van der Waals surface area contributed by atoms with Crippen molar-refractivity contribution in [3.05, 3.63) is 26.7 Å². The summed E-state index contributed by atoms with van der Waals surface area (Å²) in [4.78, 5) is 1.22. The lowest BCUT2D eigenvalue weighted by Gasteiger charge is -1.96. The highest BCUT2D eigenvalue weighted by atomic mass is 79.9. The Labute approximate surface area is 93.5 Å². The molecule has 2 aromatic heterocycles. The van der Waals surface area contributed by atoms with Gasteiger partial charge in [-0.15, -0.1) is 16.4 Å². The summed E-state index contributed by atoms with van der Waals surface area (Å²) in [5.41, 5.74) is 0. The molecule has 14 heavy (non-hydrogen) atoms. The number of nitrogens with one attached hydrogen (secondary N) is 1. The van der Waals surface area contributed by atoms with Crippen molar-refractivity contribution in [3.63, 3.8) is 0 Å². The van der Waals surface area contributed by atoms with Crippen molar-refractivity contribution >= 4 is 33.3 Å². The van der Waals surface area contributed by atoms with Crippen LogP contribution >= 0.6 is 27.3 Å². The number of halogens is 1. The van der Waals surface area contributed by atoms with Gasteiger partial charge in [0.25, 0.3) is 0 Å². The van der Waals surface area contributed by atoms with Crippen molar-refractivity contribution in [2.75, 3.05) is 5.32 Å². The van der Waals surface area contributed by atoms with E-state index >= 15 is 0 Å². The average molecular weight is 274 g/mol. The monoisotopic (exact) mass is 273 g/mol. The van der Waals surface area contributed by atoms with E-state index < -0.39 is 0 Å². The SMILES string of the molecule is Cc1nnc(NCc2ccc(Br)s2)o1. The van der Waals surface area contributed by atoms with Crippen molar-refractivity contribution < 1.29 is 4.42 Å². The van der Waals surface area contributed by atoms with Crippen molar-refractivity contribution in [2.45, 2.75) is 13.5 Å². The first-order chi connectivity index (χ1) is 6.74. The van der Waals surface area contributed by atoms with Gasteiger partial charge >= 0.3 is 6.01 Å². The van der Waals surface area contributed by atoms with Gasteiger partial charge in [0.1, 0.15) is 0 Å². The second kappa shape index (κ2) is 4.10. The molecule has 2 rings (SSSR count). The molecule has 0 fully saturated rings. The third kappa shape index (κ3) is 2.33. The van der Waals surface area contributed by atoms with E-state index in [2.05, 4.69) is 31.4 Å². The summed E-state index contributed by atoms with van der Waals surface area (Å²) in [7, 11) is 0. The second-order valence-corrected chi connectivity index (χ2v) is 5.23. The van der Waals surface area contributed by atoms with Crippen molar-refractivity contribution in [2.24, 2.45) is 0 Å².